The van der Waals surface area contributed by atoms with Crippen molar-refractivity contribution in [2.75, 3.05) is 16.8 Å². The number of rotatable bonds is 3. The van der Waals surface area contributed by atoms with Crippen LogP contribution in [0.2, 0.25) is 0 Å². The van der Waals surface area contributed by atoms with Crippen LogP contribution >= 0.6 is 0 Å². The standard InChI is InChI=1S/C24H22N4O5/c1-2-13-8-9-17-16(11-13)24(23(31)25-17)20-19(18-7-4-10-26(18)24)21(29)27(22(20)30)14-5-3-6-15(12-14)28(32)33/h3,5-6,8-9,11-12,18-20H,2,4,7,10H2,1H3,(H,25,31)/t18-,19+,20+,24-/m1/s1. The van der Waals surface area contributed by atoms with E-state index in [0.29, 0.717) is 12.2 Å². The number of aryl methyl sites for hydroxylation is 1. The lowest BCUT2D eigenvalue weighted by Crippen LogP contribution is -2.54. The summed E-state index contributed by atoms with van der Waals surface area (Å²) < 4.78 is 0. The molecule has 9 nitrogen and oxygen atoms in total. The van der Waals surface area contributed by atoms with Crippen molar-refractivity contribution in [2.45, 2.75) is 37.8 Å². The molecule has 4 aliphatic rings. The molecule has 2 aromatic rings. The molecule has 4 heterocycles. The molecule has 3 amide bonds. The second-order valence-electron chi connectivity index (χ2n) is 9.15. The third-order valence-electron chi connectivity index (χ3n) is 7.76. The number of imide groups is 1. The molecule has 0 aliphatic carbocycles. The molecule has 4 atom stereocenters. The van der Waals surface area contributed by atoms with Gasteiger partial charge in [0.15, 0.2) is 0 Å². The van der Waals surface area contributed by atoms with Crippen molar-refractivity contribution in [2.24, 2.45) is 11.8 Å². The van der Waals surface area contributed by atoms with E-state index in [9.17, 15) is 24.5 Å². The molecular weight excluding hydrogens is 424 g/mol. The number of anilines is 2. The molecule has 1 spiro atoms. The van der Waals surface area contributed by atoms with E-state index in [0.717, 1.165) is 35.3 Å². The number of benzene rings is 2. The highest BCUT2D eigenvalue weighted by atomic mass is 16.6. The van der Waals surface area contributed by atoms with E-state index in [1.54, 1.807) is 0 Å². The summed E-state index contributed by atoms with van der Waals surface area (Å²) in [4.78, 5) is 55.1. The van der Waals surface area contributed by atoms with Crippen LogP contribution in [0.15, 0.2) is 42.5 Å². The van der Waals surface area contributed by atoms with Gasteiger partial charge in [-0.2, -0.15) is 0 Å². The van der Waals surface area contributed by atoms with Crippen LogP contribution < -0.4 is 10.2 Å². The predicted octanol–water partition coefficient (Wildman–Crippen LogP) is 2.59. The molecule has 1 N–H and O–H groups in total. The fraction of sp³-hybridized carbons (Fsp3) is 0.375. The number of nitro groups is 1. The summed E-state index contributed by atoms with van der Waals surface area (Å²) in [6.45, 7) is 2.67. The quantitative estimate of drug-likeness (QED) is 0.441. The number of carbonyl (C=O) groups is 3. The summed E-state index contributed by atoms with van der Waals surface area (Å²) in [5.74, 6) is -2.66. The number of fused-ring (bicyclic) bond motifs is 7. The van der Waals surface area contributed by atoms with Gasteiger partial charge in [0.2, 0.25) is 17.7 Å². The number of nitro benzene ring substituents is 1. The zero-order valence-corrected chi connectivity index (χ0v) is 18.0. The largest absolute Gasteiger partial charge is 0.324 e. The average molecular weight is 446 g/mol. The lowest BCUT2D eigenvalue weighted by molar-refractivity contribution is -0.384. The summed E-state index contributed by atoms with van der Waals surface area (Å²) in [5, 5.41) is 14.2. The van der Waals surface area contributed by atoms with Crippen molar-refractivity contribution < 1.29 is 19.3 Å². The van der Waals surface area contributed by atoms with E-state index in [2.05, 4.69) is 10.2 Å². The zero-order chi connectivity index (χ0) is 23.1. The number of hydrogen-bond acceptors (Lipinski definition) is 6. The van der Waals surface area contributed by atoms with E-state index in [4.69, 9.17) is 0 Å². The Bertz CT molecular complexity index is 1260. The number of nitrogens with one attached hydrogen (secondary N) is 1. The molecule has 3 saturated heterocycles. The Morgan fingerprint density at radius 2 is 1.97 bits per heavy atom. The molecule has 0 unspecified atom stereocenters. The van der Waals surface area contributed by atoms with Gasteiger partial charge in [0.1, 0.15) is 5.54 Å². The normalized spacial score (nSPS) is 30.0. The van der Waals surface area contributed by atoms with E-state index in [1.165, 1.54) is 24.3 Å². The lowest BCUT2D eigenvalue weighted by Gasteiger charge is -2.36. The molecule has 168 valence electrons. The topological polar surface area (TPSA) is 113 Å². The Hall–Kier alpha value is -3.59. The van der Waals surface area contributed by atoms with Gasteiger partial charge in [-0.25, -0.2) is 4.90 Å². The van der Waals surface area contributed by atoms with Crippen LogP contribution in [0.4, 0.5) is 17.1 Å². The summed E-state index contributed by atoms with van der Waals surface area (Å²) in [5.41, 5.74) is 1.23. The Morgan fingerprint density at radius 3 is 2.73 bits per heavy atom. The van der Waals surface area contributed by atoms with Crippen LogP contribution in [-0.2, 0) is 26.3 Å². The van der Waals surface area contributed by atoms with Gasteiger partial charge >= 0.3 is 0 Å². The minimum atomic E-state index is -1.24. The van der Waals surface area contributed by atoms with Crippen LogP contribution in [0.5, 0.6) is 0 Å². The van der Waals surface area contributed by atoms with Crippen molar-refractivity contribution in [3.63, 3.8) is 0 Å². The summed E-state index contributed by atoms with van der Waals surface area (Å²) in [6.07, 6.45) is 2.34. The predicted molar refractivity (Wildman–Crippen MR) is 118 cm³/mol. The van der Waals surface area contributed by atoms with Gasteiger partial charge in [0, 0.05) is 29.4 Å². The van der Waals surface area contributed by atoms with Crippen LogP contribution in [-0.4, -0.2) is 40.1 Å². The summed E-state index contributed by atoms with van der Waals surface area (Å²) >= 11 is 0. The fourth-order valence-electron chi connectivity index (χ4n) is 6.47. The van der Waals surface area contributed by atoms with Gasteiger partial charge in [0.25, 0.3) is 5.69 Å². The maximum Gasteiger partial charge on any atom is 0.271 e. The molecule has 0 bridgehead atoms. The van der Waals surface area contributed by atoms with Crippen molar-refractivity contribution in [1.82, 2.24) is 4.90 Å². The Balaban J connectivity index is 1.54. The highest BCUT2D eigenvalue weighted by Gasteiger charge is 2.74. The maximum absolute atomic E-state index is 13.9. The molecule has 0 aromatic heterocycles. The Labute approximate surface area is 189 Å². The molecule has 2 aromatic carbocycles. The minimum absolute atomic E-state index is 0.175. The third kappa shape index (κ3) is 2.37. The van der Waals surface area contributed by atoms with E-state index >= 15 is 0 Å². The monoisotopic (exact) mass is 446 g/mol. The van der Waals surface area contributed by atoms with Gasteiger partial charge in [-0.05, 0) is 43.5 Å². The molecule has 33 heavy (non-hydrogen) atoms. The highest BCUT2D eigenvalue weighted by Crippen LogP contribution is 2.60. The molecule has 4 aliphatic heterocycles. The lowest BCUT2D eigenvalue weighted by atomic mass is 9.75. The first-order valence-corrected chi connectivity index (χ1v) is 11.2. The molecule has 9 heteroatoms. The van der Waals surface area contributed by atoms with E-state index in [1.807, 2.05) is 25.1 Å². The molecule has 0 saturated carbocycles. The Kier molecular flexibility index (Phi) is 4.08. The molecular formula is C24H22N4O5. The number of non-ortho nitro benzene ring substituents is 1. The number of nitrogens with zero attached hydrogens (tertiary/aromatic N) is 3. The number of hydrogen-bond donors (Lipinski definition) is 1. The minimum Gasteiger partial charge on any atom is -0.324 e. The van der Waals surface area contributed by atoms with Crippen LogP contribution in [0.25, 0.3) is 0 Å². The maximum atomic E-state index is 13.9. The van der Waals surface area contributed by atoms with Gasteiger partial charge in [-0.3, -0.25) is 29.4 Å². The van der Waals surface area contributed by atoms with E-state index < -0.39 is 28.2 Å². The Morgan fingerprint density at radius 1 is 1.15 bits per heavy atom. The number of amides is 3. The third-order valence-corrected chi connectivity index (χ3v) is 7.76. The van der Waals surface area contributed by atoms with Crippen molar-refractivity contribution in [3.05, 3.63) is 63.7 Å². The number of carbonyl (C=O) groups excluding carboxylic acids is 3. The van der Waals surface area contributed by atoms with Gasteiger partial charge in [-0.1, -0.05) is 25.1 Å². The van der Waals surface area contributed by atoms with Crippen LogP contribution in [0.1, 0.15) is 30.9 Å². The SMILES string of the molecule is CCc1ccc2c(c1)[C@]1(C(=O)N2)[C@@H]2C(=O)N(c3cccc([N+](=O)[O-])c3)C(=O)[C@H]2[C@H]2CCCN21. The molecule has 0 radical (unpaired) electrons. The first kappa shape index (κ1) is 20.0. The zero-order valence-electron chi connectivity index (χ0n) is 18.0. The van der Waals surface area contributed by atoms with Gasteiger partial charge in [0.05, 0.1) is 22.4 Å². The molecule has 3 fully saturated rings. The molecule has 6 rings (SSSR count). The summed E-state index contributed by atoms with van der Waals surface area (Å²) in [7, 11) is 0. The summed E-state index contributed by atoms with van der Waals surface area (Å²) in [6, 6.07) is 11.2. The van der Waals surface area contributed by atoms with Gasteiger partial charge in [-0.15, -0.1) is 0 Å². The van der Waals surface area contributed by atoms with Crippen molar-refractivity contribution in [3.8, 4) is 0 Å². The van der Waals surface area contributed by atoms with E-state index in [-0.39, 0.29) is 29.2 Å². The van der Waals surface area contributed by atoms with Crippen LogP contribution in [0, 0.1) is 22.0 Å². The first-order chi connectivity index (χ1) is 15.9. The average Bonchev–Trinajstić information content (AvgIpc) is 3.51. The van der Waals surface area contributed by atoms with Crippen molar-refractivity contribution >= 4 is 34.8 Å². The second kappa shape index (κ2) is 6.71. The van der Waals surface area contributed by atoms with Crippen molar-refractivity contribution in [1.29, 1.82) is 0 Å². The van der Waals surface area contributed by atoms with Gasteiger partial charge < -0.3 is 5.32 Å². The fourth-order valence-corrected chi connectivity index (χ4v) is 6.47. The second-order valence-corrected chi connectivity index (χ2v) is 9.15. The smallest absolute Gasteiger partial charge is 0.271 e. The highest BCUT2D eigenvalue weighted by molar-refractivity contribution is 6.26. The van der Waals surface area contributed by atoms with Crippen LogP contribution in [0.3, 0.4) is 0 Å². The first-order valence-electron chi connectivity index (χ1n) is 11.2.